The molecular weight excluding hydrogens is 350 g/mol. The lowest BCUT2D eigenvalue weighted by atomic mass is 10.1. The Hall–Kier alpha value is -2.86. The second-order valence-corrected chi connectivity index (χ2v) is 6.93. The number of carbonyl (C=O) groups is 1. The summed E-state index contributed by atoms with van der Waals surface area (Å²) in [4.78, 5) is 20.9. The third kappa shape index (κ3) is 5.33. The molecule has 6 nitrogen and oxygen atoms in total. The van der Waals surface area contributed by atoms with Crippen LogP contribution >= 0.6 is 0 Å². The standard InChI is InChI=1S/C22H29N5O/c1-23-21(28)20-10-8-18(9-11-20)16-25-22(24-2)27-14-12-26(13-15-27)17-19-6-4-3-5-7-19/h3-11H,12-17H2,1-2H3,(H,23,28)(H,24,25). The van der Waals surface area contributed by atoms with Gasteiger partial charge in [-0.3, -0.25) is 14.7 Å². The van der Waals surface area contributed by atoms with Gasteiger partial charge < -0.3 is 15.5 Å². The second-order valence-electron chi connectivity index (χ2n) is 6.93. The summed E-state index contributed by atoms with van der Waals surface area (Å²) in [6.07, 6.45) is 0. The van der Waals surface area contributed by atoms with Gasteiger partial charge in [0.15, 0.2) is 5.96 Å². The molecule has 0 aromatic heterocycles. The first kappa shape index (κ1) is 19.9. The van der Waals surface area contributed by atoms with Crippen molar-refractivity contribution < 1.29 is 4.79 Å². The van der Waals surface area contributed by atoms with Crippen LogP contribution in [-0.4, -0.2) is 61.9 Å². The highest BCUT2D eigenvalue weighted by Crippen LogP contribution is 2.09. The summed E-state index contributed by atoms with van der Waals surface area (Å²) in [5, 5.41) is 6.08. The van der Waals surface area contributed by atoms with Gasteiger partial charge in [-0.1, -0.05) is 42.5 Å². The molecule has 0 atom stereocenters. The predicted molar refractivity (Wildman–Crippen MR) is 113 cm³/mol. The summed E-state index contributed by atoms with van der Waals surface area (Å²) in [5.41, 5.74) is 3.15. The van der Waals surface area contributed by atoms with Crippen molar-refractivity contribution in [1.82, 2.24) is 20.4 Å². The molecule has 1 aliphatic heterocycles. The third-order valence-electron chi connectivity index (χ3n) is 5.03. The Balaban J connectivity index is 1.47. The Kier molecular flexibility index (Phi) is 7.03. The zero-order valence-corrected chi connectivity index (χ0v) is 16.7. The molecule has 1 aliphatic rings. The van der Waals surface area contributed by atoms with Crippen LogP contribution in [0.3, 0.4) is 0 Å². The van der Waals surface area contributed by atoms with Gasteiger partial charge in [0.1, 0.15) is 0 Å². The highest BCUT2D eigenvalue weighted by atomic mass is 16.1. The normalized spacial score (nSPS) is 15.4. The monoisotopic (exact) mass is 379 g/mol. The van der Waals surface area contributed by atoms with Gasteiger partial charge in [0.05, 0.1) is 0 Å². The van der Waals surface area contributed by atoms with E-state index in [0.717, 1.165) is 44.2 Å². The molecule has 1 fully saturated rings. The molecule has 1 amide bonds. The Morgan fingerprint density at radius 2 is 1.64 bits per heavy atom. The SMILES string of the molecule is CN=C(NCc1ccc(C(=O)NC)cc1)N1CCN(Cc2ccccc2)CC1. The van der Waals surface area contributed by atoms with Crippen LogP contribution in [0.2, 0.25) is 0 Å². The minimum atomic E-state index is -0.0660. The number of amides is 1. The Bertz CT molecular complexity index is 780. The number of rotatable bonds is 5. The lowest BCUT2D eigenvalue weighted by Crippen LogP contribution is -2.52. The highest BCUT2D eigenvalue weighted by Gasteiger charge is 2.19. The summed E-state index contributed by atoms with van der Waals surface area (Å²) in [6, 6.07) is 18.3. The first-order valence-corrected chi connectivity index (χ1v) is 9.72. The van der Waals surface area contributed by atoms with Gasteiger partial charge in [-0.15, -0.1) is 0 Å². The Morgan fingerprint density at radius 3 is 2.25 bits per heavy atom. The molecule has 28 heavy (non-hydrogen) atoms. The molecule has 6 heteroatoms. The highest BCUT2D eigenvalue weighted by molar-refractivity contribution is 5.93. The van der Waals surface area contributed by atoms with Gasteiger partial charge in [0.25, 0.3) is 5.91 Å². The summed E-state index contributed by atoms with van der Waals surface area (Å²) in [7, 11) is 3.47. The smallest absolute Gasteiger partial charge is 0.251 e. The maximum Gasteiger partial charge on any atom is 0.251 e. The van der Waals surface area contributed by atoms with E-state index in [1.165, 1.54) is 5.56 Å². The van der Waals surface area contributed by atoms with Crippen LogP contribution in [0.4, 0.5) is 0 Å². The number of guanidine groups is 1. The Labute approximate surface area is 167 Å². The molecule has 2 aromatic rings. The third-order valence-corrected chi connectivity index (χ3v) is 5.03. The second kappa shape index (κ2) is 9.90. The van der Waals surface area contributed by atoms with Crippen LogP contribution in [0, 0.1) is 0 Å². The molecule has 148 valence electrons. The van der Waals surface area contributed by atoms with E-state index in [1.54, 1.807) is 7.05 Å². The van der Waals surface area contributed by atoms with Gasteiger partial charge >= 0.3 is 0 Å². The number of nitrogens with one attached hydrogen (secondary N) is 2. The van der Waals surface area contributed by atoms with Crippen LogP contribution < -0.4 is 10.6 Å². The quantitative estimate of drug-likeness (QED) is 0.616. The van der Waals surface area contributed by atoms with Crippen molar-refractivity contribution in [3.63, 3.8) is 0 Å². The molecule has 0 bridgehead atoms. The Morgan fingerprint density at radius 1 is 0.964 bits per heavy atom. The first-order valence-electron chi connectivity index (χ1n) is 9.72. The predicted octanol–water partition coefficient (Wildman–Crippen LogP) is 1.94. The summed E-state index contributed by atoms with van der Waals surface area (Å²) in [5.74, 6) is 0.860. The molecule has 1 heterocycles. The fraction of sp³-hybridized carbons (Fsp3) is 0.364. The average Bonchev–Trinajstić information content (AvgIpc) is 2.76. The molecular formula is C22H29N5O. The number of piperazine rings is 1. The number of carbonyl (C=O) groups excluding carboxylic acids is 1. The van der Waals surface area contributed by atoms with Crippen molar-refractivity contribution in [1.29, 1.82) is 0 Å². The van der Waals surface area contributed by atoms with E-state index in [4.69, 9.17) is 0 Å². The van der Waals surface area contributed by atoms with Crippen LogP contribution in [0.25, 0.3) is 0 Å². The van der Waals surface area contributed by atoms with E-state index in [9.17, 15) is 4.79 Å². The molecule has 2 aromatic carbocycles. The van der Waals surface area contributed by atoms with E-state index in [1.807, 2.05) is 31.3 Å². The van der Waals surface area contributed by atoms with Crippen molar-refractivity contribution >= 4 is 11.9 Å². The summed E-state index contributed by atoms with van der Waals surface area (Å²) in [6.45, 7) is 5.65. The minimum absolute atomic E-state index is 0.0660. The van der Waals surface area contributed by atoms with E-state index in [2.05, 4.69) is 55.8 Å². The average molecular weight is 380 g/mol. The first-order chi connectivity index (χ1) is 13.7. The van der Waals surface area contributed by atoms with Gasteiger partial charge in [-0.2, -0.15) is 0 Å². The molecule has 0 spiro atoms. The summed E-state index contributed by atoms with van der Waals surface area (Å²) < 4.78 is 0. The molecule has 2 N–H and O–H groups in total. The molecule has 1 saturated heterocycles. The largest absolute Gasteiger partial charge is 0.355 e. The lowest BCUT2D eigenvalue weighted by Gasteiger charge is -2.36. The summed E-state index contributed by atoms with van der Waals surface area (Å²) >= 11 is 0. The van der Waals surface area contributed by atoms with Crippen molar-refractivity contribution in [2.75, 3.05) is 40.3 Å². The van der Waals surface area contributed by atoms with Crippen molar-refractivity contribution in [2.24, 2.45) is 4.99 Å². The minimum Gasteiger partial charge on any atom is -0.355 e. The van der Waals surface area contributed by atoms with Crippen LogP contribution in [-0.2, 0) is 13.1 Å². The van der Waals surface area contributed by atoms with Gasteiger partial charge in [0.2, 0.25) is 0 Å². The fourth-order valence-electron chi connectivity index (χ4n) is 3.39. The number of nitrogens with zero attached hydrogens (tertiary/aromatic N) is 3. The van der Waals surface area contributed by atoms with Crippen LogP contribution in [0.15, 0.2) is 59.6 Å². The van der Waals surface area contributed by atoms with Crippen molar-refractivity contribution in [3.8, 4) is 0 Å². The zero-order chi connectivity index (χ0) is 19.8. The van der Waals surface area contributed by atoms with Crippen LogP contribution in [0.1, 0.15) is 21.5 Å². The molecule has 0 aliphatic carbocycles. The maximum atomic E-state index is 11.6. The number of benzene rings is 2. The lowest BCUT2D eigenvalue weighted by molar-refractivity contribution is 0.0963. The van der Waals surface area contributed by atoms with Gasteiger partial charge in [-0.05, 0) is 23.3 Å². The van der Waals surface area contributed by atoms with Gasteiger partial charge in [-0.25, -0.2) is 0 Å². The number of hydrogen-bond acceptors (Lipinski definition) is 3. The molecule has 0 unspecified atom stereocenters. The molecule has 3 rings (SSSR count). The van der Waals surface area contributed by atoms with E-state index >= 15 is 0 Å². The van der Waals surface area contributed by atoms with Crippen molar-refractivity contribution in [3.05, 3.63) is 71.3 Å². The number of aliphatic imine (C=N–C) groups is 1. The van der Waals surface area contributed by atoms with Gasteiger partial charge in [0, 0.05) is 58.9 Å². The van der Waals surface area contributed by atoms with E-state index in [-0.39, 0.29) is 5.91 Å². The zero-order valence-electron chi connectivity index (χ0n) is 16.7. The molecule has 0 radical (unpaired) electrons. The molecule has 0 saturated carbocycles. The topological polar surface area (TPSA) is 60.0 Å². The van der Waals surface area contributed by atoms with E-state index in [0.29, 0.717) is 12.1 Å². The fourth-order valence-corrected chi connectivity index (χ4v) is 3.39. The maximum absolute atomic E-state index is 11.6. The number of hydrogen-bond donors (Lipinski definition) is 2. The van der Waals surface area contributed by atoms with Crippen molar-refractivity contribution in [2.45, 2.75) is 13.1 Å². The van der Waals surface area contributed by atoms with E-state index < -0.39 is 0 Å². The van der Waals surface area contributed by atoms with Crippen LogP contribution in [0.5, 0.6) is 0 Å².